The quantitative estimate of drug-likeness (QED) is 0.313. The first-order valence-electron chi connectivity index (χ1n) is 12.5. The Kier molecular flexibility index (Phi) is 6.48. The lowest BCUT2D eigenvalue weighted by Gasteiger charge is -2.40. The number of carbonyl (C=O) groups excluding carboxylic acids is 1. The van der Waals surface area contributed by atoms with Crippen molar-refractivity contribution in [3.63, 3.8) is 0 Å². The van der Waals surface area contributed by atoms with Gasteiger partial charge in [0.15, 0.2) is 0 Å². The molecule has 37 heavy (non-hydrogen) atoms. The number of benzene rings is 1. The van der Waals surface area contributed by atoms with Crippen molar-refractivity contribution < 1.29 is 27.6 Å². The second-order valence-electron chi connectivity index (χ2n) is 9.96. The van der Waals surface area contributed by atoms with Crippen LogP contribution >= 0.6 is 15.9 Å². The maximum atomic E-state index is 14.6. The number of carbonyl (C=O) groups is 1. The summed E-state index contributed by atoms with van der Waals surface area (Å²) in [6, 6.07) is 6.02. The lowest BCUT2D eigenvalue weighted by molar-refractivity contribution is 0.0145. The van der Waals surface area contributed by atoms with Crippen LogP contribution in [-0.4, -0.2) is 41.4 Å². The molecule has 194 valence electrons. The molecule has 1 saturated carbocycles. The van der Waals surface area contributed by atoms with Crippen molar-refractivity contribution in [3.8, 4) is 11.3 Å². The second kappa shape index (κ2) is 9.79. The molecule has 10 heteroatoms. The molecule has 7 nitrogen and oxygen atoms in total. The first kappa shape index (κ1) is 24.5. The van der Waals surface area contributed by atoms with Crippen molar-refractivity contribution >= 4 is 27.7 Å². The molecule has 1 aromatic carbocycles. The largest absolute Gasteiger partial charge is 0.465 e. The summed E-state index contributed by atoms with van der Waals surface area (Å²) < 4.78 is 46.7. The number of halogens is 3. The first-order chi connectivity index (χ1) is 17.9. The van der Waals surface area contributed by atoms with Crippen molar-refractivity contribution in [3.05, 3.63) is 63.5 Å². The van der Waals surface area contributed by atoms with E-state index in [1.807, 2.05) is 0 Å². The van der Waals surface area contributed by atoms with Crippen molar-refractivity contribution in [2.75, 3.05) is 12.0 Å². The van der Waals surface area contributed by atoms with E-state index in [1.54, 1.807) is 12.3 Å². The minimum atomic E-state index is -0.667. The van der Waals surface area contributed by atoms with Gasteiger partial charge in [-0.25, -0.2) is 18.6 Å². The molecular formula is C27H26BrF2N3O4. The fourth-order valence-corrected chi connectivity index (χ4v) is 6.26. The van der Waals surface area contributed by atoms with E-state index in [4.69, 9.17) is 14.0 Å². The Morgan fingerprint density at radius 2 is 1.86 bits per heavy atom. The lowest BCUT2D eigenvalue weighted by Crippen LogP contribution is -2.46. The van der Waals surface area contributed by atoms with E-state index in [9.17, 15) is 13.6 Å². The number of piperidine rings is 1. The molecule has 2 unspecified atom stereocenters. The van der Waals surface area contributed by atoms with Crippen LogP contribution in [0.1, 0.15) is 66.1 Å². The fraction of sp³-hybridized carbons (Fsp3) is 0.444. The molecule has 2 bridgehead atoms. The van der Waals surface area contributed by atoms with Gasteiger partial charge in [0.1, 0.15) is 28.9 Å². The number of esters is 1. The van der Waals surface area contributed by atoms with Crippen molar-refractivity contribution in [2.24, 2.45) is 0 Å². The Hall–Kier alpha value is -2.85. The van der Waals surface area contributed by atoms with E-state index >= 15 is 0 Å². The number of methoxy groups -OCH3 is 1. The molecule has 4 heterocycles. The number of aromatic nitrogens is 2. The summed E-state index contributed by atoms with van der Waals surface area (Å²) in [5.74, 6) is -0.0465. The molecule has 1 aliphatic carbocycles. The monoisotopic (exact) mass is 573 g/mol. The highest BCUT2D eigenvalue weighted by molar-refractivity contribution is 9.10. The minimum absolute atomic E-state index is 0.0119. The number of rotatable bonds is 7. The van der Waals surface area contributed by atoms with Crippen LogP contribution in [0.2, 0.25) is 0 Å². The fourth-order valence-electron chi connectivity index (χ4n) is 5.71. The van der Waals surface area contributed by atoms with E-state index in [-0.39, 0.29) is 42.0 Å². The van der Waals surface area contributed by atoms with Crippen LogP contribution in [-0.2, 0) is 16.1 Å². The summed E-state index contributed by atoms with van der Waals surface area (Å²) in [5.41, 5.74) is 1.06. The number of nitrogens with zero attached hydrogens (tertiary/aromatic N) is 3. The highest BCUT2D eigenvalue weighted by Gasteiger charge is 2.43. The van der Waals surface area contributed by atoms with Gasteiger partial charge in [0.25, 0.3) is 0 Å². The van der Waals surface area contributed by atoms with Gasteiger partial charge in [-0.1, -0.05) is 11.2 Å². The Morgan fingerprint density at radius 3 is 2.49 bits per heavy atom. The van der Waals surface area contributed by atoms with Crippen LogP contribution in [0.4, 0.5) is 14.6 Å². The zero-order chi connectivity index (χ0) is 25.7. The smallest absolute Gasteiger partial charge is 0.339 e. The third kappa shape index (κ3) is 4.54. The van der Waals surface area contributed by atoms with E-state index in [0.717, 1.165) is 48.8 Å². The topological polar surface area (TPSA) is 77.7 Å². The molecule has 3 aromatic rings. The molecule has 0 N–H and O–H groups in total. The summed E-state index contributed by atoms with van der Waals surface area (Å²) in [4.78, 5) is 18.8. The van der Waals surface area contributed by atoms with E-state index in [2.05, 4.69) is 31.0 Å². The van der Waals surface area contributed by atoms with E-state index < -0.39 is 17.6 Å². The van der Waals surface area contributed by atoms with Crippen LogP contribution in [0.15, 0.2) is 39.5 Å². The predicted molar refractivity (Wildman–Crippen MR) is 134 cm³/mol. The number of fused-ring (bicyclic) bond motifs is 2. The maximum Gasteiger partial charge on any atom is 0.339 e. The normalized spacial score (nSPS) is 22.9. The Balaban J connectivity index is 1.19. The van der Waals surface area contributed by atoms with Crippen LogP contribution in [0, 0.1) is 11.6 Å². The maximum absolute atomic E-state index is 14.6. The molecule has 6 rings (SSSR count). The zero-order valence-electron chi connectivity index (χ0n) is 20.3. The van der Waals surface area contributed by atoms with Crippen LogP contribution in [0.5, 0.6) is 0 Å². The third-order valence-electron chi connectivity index (χ3n) is 7.61. The molecular weight excluding hydrogens is 548 g/mol. The van der Waals surface area contributed by atoms with Crippen molar-refractivity contribution in [2.45, 2.75) is 69.2 Å². The molecule has 2 aromatic heterocycles. The molecule has 2 atom stereocenters. The van der Waals surface area contributed by atoms with Crippen LogP contribution in [0.25, 0.3) is 11.3 Å². The van der Waals surface area contributed by atoms with Gasteiger partial charge in [0.2, 0.25) is 0 Å². The van der Waals surface area contributed by atoms with Gasteiger partial charge in [0.05, 0.1) is 35.4 Å². The third-order valence-corrected chi connectivity index (χ3v) is 8.19. The Labute approximate surface area is 221 Å². The summed E-state index contributed by atoms with van der Waals surface area (Å²) in [5, 5.41) is 4.07. The van der Waals surface area contributed by atoms with Gasteiger partial charge < -0.3 is 18.9 Å². The average molecular weight is 574 g/mol. The molecule has 2 aliphatic heterocycles. The summed E-state index contributed by atoms with van der Waals surface area (Å²) in [6.45, 7) is 0.193. The summed E-state index contributed by atoms with van der Waals surface area (Å²) >= 11 is 3.58. The second-order valence-corrected chi connectivity index (χ2v) is 10.8. The molecule has 3 fully saturated rings. The predicted octanol–water partition coefficient (Wildman–Crippen LogP) is 6.16. The van der Waals surface area contributed by atoms with Gasteiger partial charge in [0, 0.05) is 29.8 Å². The van der Waals surface area contributed by atoms with Crippen LogP contribution < -0.4 is 4.90 Å². The summed E-state index contributed by atoms with van der Waals surface area (Å²) in [7, 11) is 1.35. The number of hydrogen-bond donors (Lipinski definition) is 0. The van der Waals surface area contributed by atoms with E-state index in [0.29, 0.717) is 16.9 Å². The first-order valence-corrected chi connectivity index (χ1v) is 13.3. The molecule has 0 radical (unpaired) electrons. The molecule has 0 spiro atoms. The van der Waals surface area contributed by atoms with Crippen molar-refractivity contribution in [1.29, 1.82) is 0 Å². The average Bonchev–Trinajstić information content (AvgIpc) is 3.60. The Morgan fingerprint density at radius 1 is 1.16 bits per heavy atom. The number of pyridine rings is 1. The molecule has 0 amide bonds. The lowest BCUT2D eigenvalue weighted by atomic mass is 9.99. The summed E-state index contributed by atoms with van der Waals surface area (Å²) in [6.07, 6.45) is 7.12. The van der Waals surface area contributed by atoms with Crippen molar-refractivity contribution in [1.82, 2.24) is 10.1 Å². The highest BCUT2D eigenvalue weighted by atomic mass is 79.9. The SMILES string of the molecule is COC(=O)c1cnc(N2C3CCC2CC(OCc2c(-c4c(F)cccc4F)noc2C2CC2)C3)c(Br)c1. The van der Waals surface area contributed by atoms with Gasteiger partial charge in [-0.05, 0) is 72.7 Å². The number of hydrogen-bond acceptors (Lipinski definition) is 7. The van der Waals surface area contributed by atoms with Crippen LogP contribution in [0.3, 0.4) is 0 Å². The number of anilines is 1. The van der Waals surface area contributed by atoms with Gasteiger partial charge in [-0.2, -0.15) is 0 Å². The van der Waals surface area contributed by atoms with E-state index in [1.165, 1.54) is 25.3 Å². The van der Waals surface area contributed by atoms with Gasteiger partial charge in [-0.15, -0.1) is 0 Å². The Bertz CT molecular complexity index is 1310. The van der Waals surface area contributed by atoms with Gasteiger partial charge >= 0.3 is 5.97 Å². The highest BCUT2D eigenvalue weighted by Crippen LogP contribution is 2.46. The zero-order valence-corrected chi connectivity index (χ0v) is 21.8. The molecule has 2 saturated heterocycles. The minimum Gasteiger partial charge on any atom is -0.465 e. The molecule has 3 aliphatic rings. The van der Waals surface area contributed by atoms with Gasteiger partial charge in [-0.3, -0.25) is 0 Å². The standard InChI is InChI=1S/C27H26BrF2N3O4/c1-35-27(34)15-9-20(28)26(31-12-15)33-16-7-8-17(33)11-18(10-16)36-13-19-24(32-37-25(19)14-5-6-14)23-21(29)3-2-4-22(23)30/h2-4,9,12,14,16-18H,5-8,10-11,13H2,1H3. The number of ether oxygens (including phenoxy) is 2.